The molecule has 2 atom stereocenters. The summed E-state index contributed by atoms with van der Waals surface area (Å²) in [6.07, 6.45) is 1.08. The minimum atomic E-state index is -0.0518. The first kappa shape index (κ1) is 20.8. The fourth-order valence-electron chi connectivity index (χ4n) is 3.23. The van der Waals surface area contributed by atoms with Crippen LogP contribution in [0, 0.1) is 6.92 Å². The molecule has 6 heteroatoms. The number of thiazole rings is 1. The van der Waals surface area contributed by atoms with E-state index >= 15 is 0 Å². The number of amides is 1. The van der Waals surface area contributed by atoms with E-state index in [2.05, 4.69) is 10.3 Å². The average molecular weight is 433 g/mol. The fraction of sp³-hybridized carbons (Fsp3) is 0.273. The van der Waals surface area contributed by atoms with Crippen LogP contribution >= 0.6 is 34.5 Å². The lowest BCUT2D eigenvalue weighted by molar-refractivity contribution is -0.121. The first-order valence-corrected chi connectivity index (χ1v) is 10.7. The summed E-state index contributed by atoms with van der Waals surface area (Å²) in [4.78, 5) is 16.9. The second-order valence-corrected chi connectivity index (χ2v) is 8.81. The van der Waals surface area contributed by atoms with Crippen molar-refractivity contribution in [2.45, 2.75) is 38.6 Å². The third-order valence-electron chi connectivity index (χ3n) is 4.67. The standard InChI is InChI=1S/C22H22Cl2N2OS/c1-14(25-22(27)12-20-13-28-15(2)26-20)21(17-5-9-19(24)10-6-17)11-16-3-7-18(23)8-4-16/h3-10,13-14,21H,11-12H2,1-2H3,(H,25,27)/t14-,21+/m1/s1. The predicted octanol–water partition coefficient (Wildman–Crippen LogP) is 5.83. The minimum Gasteiger partial charge on any atom is -0.353 e. The molecule has 0 spiro atoms. The zero-order valence-electron chi connectivity index (χ0n) is 15.8. The van der Waals surface area contributed by atoms with Gasteiger partial charge in [0.2, 0.25) is 5.91 Å². The largest absolute Gasteiger partial charge is 0.353 e. The summed E-state index contributed by atoms with van der Waals surface area (Å²) in [7, 11) is 0. The van der Waals surface area contributed by atoms with Gasteiger partial charge in [0.1, 0.15) is 0 Å². The minimum absolute atomic E-state index is 0.0205. The number of benzene rings is 2. The van der Waals surface area contributed by atoms with Crippen molar-refractivity contribution in [1.29, 1.82) is 0 Å². The fourth-order valence-corrected chi connectivity index (χ4v) is 4.09. The molecule has 0 saturated carbocycles. The highest BCUT2D eigenvalue weighted by Crippen LogP contribution is 2.27. The monoisotopic (exact) mass is 432 g/mol. The van der Waals surface area contributed by atoms with E-state index in [1.807, 2.05) is 67.8 Å². The van der Waals surface area contributed by atoms with Crippen LogP contribution in [0.15, 0.2) is 53.9 Å². The zero-order valence-corrected chi connectivity index (χ0v) is 18.1. The third-order valence-corrected chi connectivity index (χ3v) is 5.99. The molecule has 0 bridgehead atoms. The Labute approximate surface area is 179 Å². The molecule has 3 rings (SSSR count). The molecule has 0 fully saturated rings. The molecule has 3 nitrogen and oxygen atoms in total. The number of carbonyl (C=O) groups is 1. The van der Waals surface area contributed by atoms with Crippen molar-refractivity contribution in [3.63, 3.8) is 0 Å². The Hall–Kier alpha value is -1.88. The Bertz CT molecular complexity index is 922. The Kier molecular flexibility index (Phi) is 7.11. The van der Waals surface area contributed by atoms with Crippen molar-refractivity contribution in [3.05, 3.63) is 85.8 Å². The summed E-state index contributed by atoms with van der Waals surface area (Å²) < 4.78 is 0. The van der Waals surface area contributed by atoms with Crippen LogP contribution in [-0.4, -0.2) is 16.9 Å². The zero-order chi connectivity index (χ0) is 20.1. The normalized spacial score (nSPS) is 13.1. The maximum absolute atomic E-state index is 12.5. The Morgan fingerprint density at radius 2 is 1.68 bits per heavy atom. The molecule has 0 radical (unpaired) electrons. The van der Waals surface area contributed by atoms with E-state index in [1.54, 1.807) is 11.3 Å². The van der Waals surface area contributed by atoms with Crippen LogP contribution in [0.3, 0.4) is 0 Å². The quantitative estimate of drug-likeness (QED) is 0.509. The lowest BCUT2D eigenvalue weighted by Crippen LogP contribution is -2.38. The number of aromatic nitrogens is 1. The van der Waals surface area contributed by atoms with Gasteiger partial charge in [-0.15, -0.1) is 11.3 Å². The molecule has 2 aromatic carbocycles. The van der Waals surface area contributed by atoms with Crippen LogP contribution in [0.25, 0.3) is 0 Å². The van der Waals surface area contributed by atoms with Gasteiger partial charge in [-0.25, -0.2) is 4.98 Å². The second-order valence-electron chi connectivity index (χ2n) is 6.88. The number of halogens is 2. The molecule has 1 aromatic heterocycles. The van der Waals surface area contributed by atoms with Gasteiger partial charge < -0.3 is 5.32 Å². The van der Waals surface area contributed by atoms with Crippen LogP contribution in [0.2, 0.25) is 10.0 Å². The maximum Gasteiger partial charge on any atom is 0.226 e. The van der Waals surface area contributed by atoms with E-state index in [-0.39, 0.29) is 17.9 Å². The van der Waals surface area contributed by atoms with Crippen molar-refractivity contribution >= 4 is 40.4 Å². The van der Waals surface area contributed by atoms with Gasteiger partial charge in [0.15, 0.2) is 0 Å². The number of nitrogens with zero attached hydrogens (tertiary/aromatic N) is 1. The number of hydrogen-bond donors (Lipinski definition) is 1. The number of carbonyl (C=O) groups excluding carboxylic acids is 1. The van der Waals surface area contributed by atoms with Crippen LogP contribution in [-0.2, 0) is 17.6 Å². The topological polar surface area (TPSA) is 42.0 Å². The highest BCUT2D eigenvalue weighted by Gasteiger charge is 2.22. The van der Waals surface area contributed by atoms with Crippen molar-refractivity contribution < 1.29 is 4.79 Å². The number of rotatable bonds is 7. The van der Waals surface area contributed by atoms with Gasteiger partial charge in [0, 0.05) is 27.4 Å². The Morgan fingerprint density at radius 1 is 1.07 bits per heavy atom. The van der Waals surface area contributed by atoms with E-state index in [0.717, 1.165) is 22.7 Å². The van der Waals surface area contributed by atoms with E-state index in [0.29, 0.717) is 16.5 Å². The molecule has 0 unspecified atom stereocenters. The van der Waals surface area contributed by atoms with Crippen LogP contribution in [0.5, 0.6) is 0 Å². The van der Waals surface area contributed by atoms with Gasteiger partial charge in [-0.05, 0) is 55.7 Å². The van der Waals surface area contributed by atoms with E-state index in [1.165, 1.54) is 5.56 Å². The molecule has 1 N–H and O–H groups in total. The van der Waals surface area contributed by atoms with Gasteiger partial charge in [-0.1, -0.05) is 47.5 Å². The second kappa shape index (κ2) is 9.55. The molecular weight excluding hydrogens is 411 g/mol. The highest BCUT2D eigenvalue weighted by molar-refractivity contribution is 7.09. The summed E-state index contributed by atoms with van der Waals surface area (Å²) in [6, 6.07) is 15.6. The summed E-state index contributed by atoms with van der Waals surface area (Å²) >= 11 is 13.6. The van der Waals surface area contributed by atoms with Crippen molar-refractivity contribution in [3.8, 4) is 0 Å². The first-order chi connectivity index (χ1) is 13.4. The smallest absolute Gasteiger partial charge is 0.226 e. The third kappa shape index (κ3) is 5.81. The molecule has 146 valence electrons. The Balaban J connectivity index is 1.75. The number of hydrogen-bond acceptors (Lipinski definition) is 3. The molecule has 1 amide bonds. The predicted molar refractivity (Wildman–Crippen MR) is 118 cm³/mol. The maximum atomic E-state index is 12.5. The molecular formula is C22H22Cl2N2OS. The van der Waals surface area contributed by atoms with Crippen LogP contribution in [0.1, 0.15) is 34.7 Å². The lowest BCUT2D eigenvalue weighted by Gasteiger charge is -2.26. The van der Waals surface area contributed by atoms with E-state index in [4.69, 9.17) is 23.2 Å². The molecule has 0 saturated heterocycles. The number of aryl methyl sites for hydroxylation is 1. The molecule has 1 heterocycles. The molecule has 0 aliphatic rings. The Morgan fingerprint density at radius 3 is 2.25 bits per heavy atom. The van der Waals surface area contributed by atoms with Crippen molar-refractivity contribution in [2.75, 3.05) is 0 Å². The summed E-state index contributed by atoms with van der Waals surface area (Å²) in [5, 5.41) is 7.47. The molecule has 28 heavy (non-hydrogen) atoms. The summed E-state index contributed by atoms with van der Waals surface area (Å²) in [5.41, 5.74) is 3.12. The van der Waals surface area contributed by atoms with Gasteiger partial charge >= 0.3 is 0 Å². The van der Waals surface area contributed by atoms with Crippen molar-refractivity contribution in [1.82, 2.24) is 10.3 Å². The van der Waals surface area contributed by atoms with E-state index < -0.39 is 0 Å². The molecule has 3 aromatic rings. The molecule has 0 aliphatic carbocycles. The van der Waals surface area contributed by atoms with Crippen LogP contribution in [0.4, 0.5) is 0 Å². The number of nitrogens with one attached hydrogen (secondary N) is 1. The van der Waals surface area contributed by atoms with Gasteiger partial charge in [0.25, 0.3) is 0 Å². The average Bonchev–Trinajstić information content (AvgIpc) is 3.06. The highest BCUT2D eigenvalue weighted by atomic mass is 35.5. The summed E-state index contributed by atoms with van der Waals surface area (Å²) in [6.45, 7) is 3.98. The van der Waals surface area contributed by atoms with Gasteiger partial charge in [-0.2, -0.15) is 0 Å². The lowest BCUT2D eigenvalue weighted by atomic mass is 9.86. The molecule has 0 aliphatic heterocycles. The van der Waals surface area contributed by atoms with E-state index in [9.17, 15) is 4.79 Å². The van der Waals surface area contributed by atoms with Crippen LogP contribution < -0.4 is 5.32 Å². The van der Waals surface area contributed by atoms with Gasteiger partial charge in [0.05, 0.1) is 17.1 Å². The van der Waals surface area contributed by atoms with Crippen molar-refractivity contribution in [2.24, 2.45) is 0 Å². The van der Waals surface area contributed by atoms with Gasteiger partial charge in [-0.3, -0.25) is 4.79 Å². The summed E-state index contributed by atoms with van der Waals surface area (Å²) in [5.74, 6) is 0.0902. The SMILES string of the molecule is Cc1nc(CC(=O)N[C@H](C)[C@H](Cc2ccc(Cl)cc2)c2ccc(Cl)cc2)cs1. The first-order valence-electron chi connectivity index (χ1n) is 9.11.